The number of carbonyl (C=O) groups is 1. The lowest BCUT2D eigenvalue weighted by molar-refractivity contribution is -0.132. The highest BCUT2D eigenvalue weighted by Gasteiger charge is 2.74. The van der Waals surface area contributed by atoms with E-state index >= 15 is 0 Å². The molecular formula is C22H23N7O3. The number of nitrogens with zero attached hydrogens (tertiary/aromatic N) is 5. The molecule has 10 nitrogen and oxygen atoms in total. The lowest BCUT2D eigenvalue weighted by atomic mass is 9.97. The van der Waals surface area contributed by atoms with E-state index in [9.17, 15) is 15.0 Å². The Labute approximate surface area is 184 Å². The van der Waals surface area contributed by atoms with Crippen LogP contribution in [0, 0.1) is 29.1 Å². The van der Waals surface area contributed by atoms with Crippen LogP contribution in [-0.2, 0) is 11.3 Å². The van der Waals surface area contributed by atoms with Crippen molar-refractivity contribution in [2.24, 2.45) is 17.3 Å². The van der Waals surface area contributed by atoms with Gasteiger partial charge >= 0.3 is 0 Å². The van der Waals surface area contributed by atoms with Gasteiger partial charge in [0.1, 0.15) is 0 Å². The van der Waals surface area contributed by atoms with E-state index in [0.29, 0.717) is 35.8 Å². The van der Waals surface area contributed by atoms with Crippen molar-refractivity contribution in [2.75, 3.05) is 19.4 Å². The highest BCUT2D eigenvalue weighted by molar-refractivity contribution is 5.87. The van der Waals surface area contributed by atoms with Crippen molar-refractivity contribution in [1.82, 2.24) is 29.8 Å². The van der Waals surface area contributed by atoms with Crippen LogP contribution in [0.3, 0.4) is 0 Å². The highest BCUT2D eigenvalue weighted by Crippen LogP contribution is 2.66. The maximum Gasteiger partial charge on any atom is 0.228 e. The molecule has 0 bridgehead atoms. The van der Waals surface area contributed by atoms with Crippen molar-refractivity contribution in [2.45, 2.75) is 25.2 Å². The third-order valence-electron chi connectivity index (χ3n) is 6.60. The van der Waals surface area contributed by atoms with Gasteiger partial charge in [-0.2, -0.15) is 0 Å². The third-order valence-corrected chi connectivity index (χ3v) is 6.60. The first-order valence-corrected chi connectivity index (χ1v) is 10.4. The Bertz CT molecular complexity index is 1250. The number of anilines is 1. The second-order valence-electron chi connectivity index (χ2n) is 8.24. The number of aliphatic hydroxyl groups excluding tert-OH is 2. The molecule has 3 aromatic heterocycles. The van der Waals surface area contributed by atoms with Crippen molar-refractivity contribution in [1.29, 1.82) is 0 Å². The van der Waals surface area contributed by atoms with E-state index in [1.165, 1.54) is 0 Å². The first-order valence-electron chi connectivity index (χ1n) is 10.4. The van der Waals surface area contributed by atoms with Crippen molar-refractivity contribution < 1.29 is 15.0 Å². The molecule has 10 heteroatoms. The number of hydrogen-bond acceptors (Lipinski definition) is 8. The molecule has 164 valence electrons. The fourth-order valence-corrected chi connectivity index (χ4v) is 4.92. The summed E-state index contributed by atoms with van der Waals surface area (Å²) in [6.45, 7) is 0.369. The van der Waals surface area contributed by atoms with Gasteiger partial charge in [-0.05, 0) is 30.4 Å². The quantitative estimate of drug-likeness (QED) is 0.414. The maximum atomic E-state index is 12.4. The molecule has 2 aliphatic rings. The molecule has 2 fully saturated rings. The molecule has 2 unspecified atom stereocenters. The minimum atomic E-state index is -1.09. The summed E-state index contributed by atoms with van der Waals surface area (Å²) in [5.41, 5.74) is 0.999. The van der Waals surface area contributed by atoms with Crippen LogP contribution in [0.25, 0.3) is 11.2 Å². The topological polar surface area (TPSA) is 138 Å². The van der Waals surface area contributed by atoms with Crippen molar-refractivity contribution in [3.05, 3.63) is 42.2 Å². The van der Waals surface area contributed by atoms with Gasteiger partial charge in [0, 0.05) is 44.5 Å². The van der Waals surface area contributed by atoms with Crippen LogP contribution in [0.4, 0.5) is 5.82 Å². The summed E-state index contributed by atoms with van der Waals surface area (Å²) in [4.78, 5) is 29.9. The van der Waals surface area contributed by atoms with Crippen LogP contribution >= 0.6 is 0 Å². The zero-order valence-electron chi connectivity index (χ0n) is 17.6. The molecule has 2 aliphatic carbocycles. The Morgan fingerprint density at radius 1 is 1.31 bits per heavy atom. The molecule has 4 N–H and O–H groups in total. The van der Waals surface area contributed by atoms with Gasteiger partial charge in [-0.15, -0.1) is 0 Å². The Balaban J connectivity index is 1.48. The van der Waals surface area contributed by atoms with Gasteiger partial charge in [-0.3, -0.25) is 9.78 Å². The zero-order chi connectivity index (χ0) is 22.5. The number of nitrogens with one attached hydrogen (secondary N) is 2. The van der Waals surface area contributed by atoms with Crippen LogP contribution in [0.2, 0.25) is 0 Å². The lowest BCUT2D eigenvalue weighted by Gasteiger charge is -2.23. The van der Waals surface area contributed by atoms with Gasteiger partial charge in [0.2, 0.25) is 11.7 Å². The van der Waals surface area contributed by atoms with Crippen LogP contribution in [-0.4, -0.2) is 66.9 Å². The zero-order valence-corrected chi connectivity index (χ0v) is 17.6. The van der Waals surface area contributed by atoms with Crippen LogP contribution in [0.15, 0.2) is 30.9 Å². The summed E-state index contributed by atoms with van der Waals surface area (Å²) >= 11 is 0. The van der Waals surface area contributed by atoms with Crippen molar-refractivity contribution >= 4 is 22.9 Å². The van der Waals surface area contributed by atoms with E-state index in [1.54, 1.807) is 38.9 Å². The summed E-state index contributed by atoms with van der Waals surface area (Å²) in [6.07, 6.45) is 3.45. The predicted octanol–water partition coefficient (Wildman–Crippen LogP) is -0.233. The second-order valence-corrected chi connectivity index (χ2v) is 8.24. The number of aliphatic hydroxyl groups is 2. The van der Waals surface area contributed by atoms with Crippen LogP contribution in [0.5, 0.6) is 0 Å². The van der Waals surface area contributed by atoms with Gasteiger partial charge in [-0.25, -0.2) is 15.0 Å². The van der Waals surface area contributed by atoms with Crippen LogP contribution < -0.4 is 10.6 Å². The fourth-order valence-electron chi connectivity index (χ4n) is 4.92. The molecule has 0 aromatic carbocycles. The predicted molar refractivity (Wildman–Crippen MR) is 115 cm³/mol. The lowest BCUT2D eigenvalue weighted by Crippen LogP contribution is -2.41. The summed E-state index contributed by atoms with van der Waals surface area (Å²) in [5, 5.41) is 26.9. The fraction of sp³-hybridized carbons (Fsp3) is 0.409. The van der Waals surface area contributed by atoms with Gasteiger partial charge in [0.15, 0.2) is 17.0 Å². The average Bonchev–Trinajstić information content (AvgIpc) is 3.39. The second kappa shape index (κ2) is 7.55. The van der Waals surface area contributed by atoms with Gasteiger partial charge < -0.3 is 25.4 Å². The van der Waals surface area contributed by atoms with E-state index in [0.717, 1.165) is 5.56 Å². The first-order chi connectivity index (χ1) is 15.5. The van der Waals surface area contributed by atoms with E-state index < -0.39 is 17.6 Å². The minimum Gasteiger partial charge on any atom is -0.390 e. The molecular weight excluding hydrogens is 410 g/mol. The molecule has 5 atom stereocenters. The first kappa shape index (κ1) is 20.4. The highest BCUT2D eigenvalue weighted by atomic mass is 16.3. The van der Waals surface area contributed by atoms with E-state index in [4.69, 9.17) is 0 Å². The Morgan fingerprint density at radius 3 is 2.88 bits per heavy atom. The molecule has 5 rings (SSSR count). The number of rotatable bonds is 4. The smallest absolute Gasteiger partial charge is 0.228 e. The SMILES string of the molecule is CNC(=O)C12CC1[C@@H](Cn1cnc3c(NC)nc(C#Cc4cccnc4)nc31)[C@H](O)[C@@H]2O. The minimum absolute atomic E-state index is 0.0969. The summed E-state index contributed by atoms with van der Waals surface area (Å²) < 4.78 is 1.83. The summed E-state index contributed by atoms with van der Waals surface area (Å²) in [5.74, 6) is 6.22. The Hall–Kier alpha value is -3.55. The summed E-state index contributed by atoms with van der Waals surface area (Å²) in [6, 6.07) is 3.66. The number of fused-ring (bicyclic) bond motifs is 2. The van der Waals surface area contributed by atoms with Gasteiger partial charge in [0.05, 0.1) is 24.0 Å². The largest absolute Gasteiger partial charge is 0.390 e. The van der Waals surface area contributed by atoms with Crippen molar-refractivity contribution in [3.63, 3.8) is 0 Å². The maximum absolute atomic E-state index is 12.4. The molecule has 0 radical (unpaired) electrons. The Morgan fingerprint density at radius 2 is 2.16 bits per heavy atom. The average molecular weight is 433 g/mol. The number of carbonyl (C=O) groups excluding carboxylic acids is 1. The van der Waals surface area contributed by atoms with Crippen molar-refractivity contribution in [3.8, 4) is 11.8 Å². The molecule has 32 heavy (non-hydrogen) atoms. The molecule has 0 spiro atoms. The van der Waals surface area contributed by atoms with Gasteiger partial charge in [-0.1, -0.05) is 5.92 Å². The number of hydrogen-bond donors (Lipinski definition) is 4. The summed E-state index contributed by atoms with van der Waals surface area (Å²) in [7, 11) is 3.30. The normalized spacial score (nSPS) is 28.0. The number of pyridine rings is 1. The number of imidazole rings is 1. The van der Waals surface area contributed by atoms with E-state index in [-0.39, 0.29) is 17.7 Å². The van der Waals surface area contributed by atoms with E-state index in [2.05, 4.69) is 42.4 Å². The van der Waals surface area contributed by atoms with Crippen LogP contribution in [0.1, 0.15) is 17.8 Å². The number of amides is 1. The molecule has 3 heterocycles. The molecule has 3 aromatic rings. The molecule has 0 saturated heterocycles. The molecule has 1 amide bonds. The molecule has 0 aliphatic heterocycles. The third kappa shape index (κ3) is 3.01. The standard InChI is InChI=1S/C22H23N7O3/c1-23-19-16-20(28-15(27-19)6-5-12-4-3-7-25-9-12)29(11-26-16)10-13-14-8-22(14,21(32)24-2)18(31)17(13)30/h3-4,7,9,11,13-14,17-18,30-31H,8,10H2,1-2H3,(H,24,32)(H,23,27,28)/t13-,14?,17+,18+,22?/m1/s1. The van der Waals surface area contributed by atoms with E-state index in [1.807, 2.05) is 10.6 Å². The Kier molecular flexibility index (Phi) is 4.80. The monoisotopic (exact) mass is 433 g/mol. The molecule has 2 saturated carbocycles. The van der Waals surface area contributed by atoms with Gasteiger partial charge in [0.25, 0.3) is 0 Å². The number of aromatic nitrogens is 5.